The largest absolute Gasteiger partial charge is 0.315 e. The Bertz CT molecular complexity index is 223. The molecule has 1 unspecified atom stereocenters. The van der Waals surface area contributed by atoms with E-state index in [0.717, 1.165) is 6.42 Å². The second-order valence-corrected chi connectivity index (χ2v) is 2.59. The Hall–Kier alpha value is -0.820. The van der Waals surface area contributed by atoms with Crippen LogP contribution in [0.15, 0.2) is 36.0 Å². The maximum Gasteiger partial charge on any atom is 0.0751 e. The molecule has 0 amide bonds. The van der Waals surface area contributed by atoms with Gasteiger partial charge in [0.2, 0.25) is 0 Å². The topological polar surface area (TPSA) is 26.0 Å². The third-order valence-electron chi connectivity index (χ3n) is 1.96. The van der Waals surface area contributed by atoms with Gasteiger partial charge in [-0.15, -0.1) is 0 Å². The molecule has 1 atom stereocenters. The minimum Gasteiger partial charge on any atom is -0.315 e. The highest BCUT2D eigenvalue weighted by Crippen LogP contribution is 2.31. The van der Waals surface area contributed by atoms with Gasteiger partial charge in [-0.1, -0.05) is 30.4 Å². The number of hydrogen-bond acceptors (Lipinski definition) is 1. The molecule has 2 rings (SSSR count). The highest BCUT2D eigenvalue weighted by atomic mass is 14.7. The van der Waals surface area contributed by atoms with Crippen LogP contribution in [-0.4, -0.2) is 5.54 Å². The average Bonchev–Trinajstić information content (AvgIpc) is 2.22. The van der Waals surface area contributed by atoms with Crippen LogP contribution in [0.2, 0.25) is 0 Å². The Morgan fingerprint density at radius 2 is 2.33 bits per heavy atom. The molecule has 2 aliphatic rings. The quantitative estimate of drug-likeness (QED) is 0.475. The van der Waals surface area contributed by atoms with Gasteiger partial charge in [-0.2, -0.15) is 0 Å². The van der Waals surface area contributed by atoms with Gasteiger partial charge in [0.15, 0.2) is 0 Å². The van der Waals surface area contributed by atoms with Crippen molar-refractivity contribution in [2.24, 2.45) is 5.73 Å². The maximum atomic E-state index is 5.92. The maximum absolute atomic E-state index is 5.92. The van der Waals surface area contributed by atoms with Crippen molar-refractivity contribution >= 4 is 0 Å². The molecular weight excluding hydrogens is 110 g/mol. The van der Waals surface area contributed by atoms with Crippen LogP contribution in [-0.2, 0) is 0 Å². The standard InChI is InChI=1S/C8H9N/c9-8-5-1-3-7(8)4-2-6-8/h1-3,5-6H,4,9H2. The van der Waals surface area contributed by atoms with Crippen molar-refractivity contribution in [3.05, 3.63) is 36.0 Å². The third kappa shape index (κ3) is 0.524. The third-order valence-corrected chi connectivity index (χ3v) is 1.96. The first kappa shape index (κ1) is 5.00. The molecule has 0 saturated heterocycles. The van der Waals surface area contributed by atoms with Crippen LogP contribution in [0.3, 0.4) is 0 Å². The predicted octanol–water partition coefficient (Wildman–Crippen LogP) is 1.14. The Balaban J connectivity index is 2.50. The Morgan fingerprint density at radius 1 is 1.44 bits per heavy atom. The molecule has 0 saturated carbocycles. The van der Waals surface area contributed by atoms with Crippen molar-refractivity contribution in [3.8, 4) is 0 Å². The van der Waals surface area contributed by atoms with Crippen molar-refractivity contribution < 1.29 is 0 Å². The van der Waals surface area contributed by atoms with Crippen LogP contribution in [0.4, 0.5) is 0 Å². The van der Waals surface area contributed by atoms with E-state index in [0.29, 0.717) is 0 Å². The Morgan fingerprint density at radius 3 is 3.11 bits per heavy atom. The molecule has 0 fully saturated rings. The zero-order chi connectivity index (χ0) is 6.32. The zero-order valence-corrected chi connectivity index (χ0v) is 5.17. The molecule has 1 heteroatoms. The van der Waals surface area contributed by atoms with Crippen LogP contribution < -0.4 is 5.73 Å². The minimum absolute atomic E-state index is 0.194. The summed E-state index contributed by atoms with van der Waals surface area (Å²) in [5, 5.41) is 0. The van der Waals surface area contributed by atoms with Crippen LogP contribution >= 0.6 is 0 Å². The van der Waals surface area contributed by atoms with Crippen molar-refractivity contribution in [3.63, 3.8) is 0 Å². The van der Waals surface area contributed by atoms with Gasteiger partial charge in [-0.3, -0.25) is 0 Å². The molecular formula is C8H9N. The highest BCUT2D eigenvalue weighted by Gasteiger charge is 2.28. The van der Waals surface area contributed by atoms with Gasteiger partial charge in [0, 0.05) is 0 Å². The molecule has 0 bridgehead atoms. The number of fused-ring (bicyclic) bond motifs is 1. The fraction of sp³-hybridized carbons (Fsp3) is 0.250. The normalized spacial score (nSPS) is 37.2. The summed E-state index contributed by atoms with van der Waals surface area (Å²) >= 11 is 0. The highest BCUT2D eigenvalue weighted by molar-refractivity contribution is 5.48. The van der Waals surface area contributed by atoms with E-state index in [2.05, 4.69) is 18.2 Å². The molecule has 2 aliphatic carbocycles. The van der Waals surface area contributed by atoms with Gasteiger partial charge in [-0.05, 0) is 12.0 Å². The summed E-state index contributed by atoms with van der Waals surface area (Å²) in [5.74, 6) is 0. The molecule has 46 valence electrons. The SMILES string of the molecule is NC12C=CC=C1CC=C2. The van der Waals surface area contributed by atoms with E-state index >= 15 is 0 Å². The van der Waals surface area contributed by atoms with Crippen LogP contribution in [0.1, 0.15) is 6.42 Å². The van der Waals surface area contributed by atoms with E-state index in [-0.39, 0.29) is 5.54 Å². The molecule has 0 aromatic rings. The fourth-order valence-corrected chi connectivity index (χ4v) is 1.36. The van der Waals surface area contributed by atoms with E-state index in [1.165, 1.54) is 5.57 Å². The van der Waals surface area contributed by atoms with Gasteiger partial charge in [0.25, 0.3) is 0 Å². The number of hydrogen-bond donors (Lipinski definition) is 1. The molecule has 1 nitrogen and oxygen atoms in total. The Labute approximate surface area is 54.6 Å². The second-order valence-electron chi connectivity index (χ2n) is 2.59. The molecule has 0 aliphatic heterocycles. The van der Waals surface area contributed by atoms with Gasteiger partial charge < -0.3 is 5.73 Å². The van der Waals surface area contributed by atoms with Crippen LogP contribution in [0.25, 0.3) is 0 Å². The monoisotopic (exact) mass is 119 g/mol. The summed E-state index contributed by atoms with van der Waals surface area (Å²) < 4.78 is 0. The molecule has 0 aromatic carbocycles. The van der Waals surface area contributed by atoms with Crippen molar-refractivity contribution in [2.45, 2.75) is 12.0 Å². The van der Waals surface area contributed by atoms with Gasteiger partial charge in [0.05, 0.1) is 5.54 Å². The first-order chi connectivity index (χ1) is 4.31. The van der Waals surface area contributed by atoms with Gasteiger partial charge in [0.1, 0.15) is 0 Å². The lowest BCUT2D eigenvalue weighted by atomic mass is 9.99. The van der Waals surface area contributed by atoms with Gasteiger partial charge >= 0.3 is 0 Å². The minimum atomic E-state index is -0.194. The fourth-order valence-electron chi connectivity index (χ4n) is 1.36. The second kappa shape index (κ2) is 1.36. The lowest BCUT2D eigenvalue weighted by Crippen LogP contribution is -2.32. The van der Waals surface area contributed by atoms with E-state index in [1.807, 2.05) is 12.2 Å². The summed E-state index contributed by atoms with van der Waals surface area (Å²) in [7, 11) is 0. The van der Waals surface area contributed by atoms with Crippen molar-refractivity contribution in [1.82, 2.24) is 0 Å². The Kier molecular flexibility index (Phi) is 0.758. The number of rotatable bonds is 0. The predicted molar refractivity (Wildman–Crippen MR) is 37.9 cm³/mol. The van der Waals surface area contributed by atoms with Crippen molar-refractivity contribution in [2.75, 3.05) is 0 Å². The molecule has 0 aromatic heterocycles. The molecule has 0 radical (unpaired) electrons. The molecule has 0 heterocycles. The summed E-state index contributed by atoms with van der Waals surface area (Å²) in [6.45, 7) is 0. The lowest BCUT2D eigenvalue weighted by molar-refractivity contribution is 0.795. The van der Waals surface area contributed by atoms with E-state index in [1.54, 1.807) is 0 Å². The zero-order valence-electron chi connectivity index (χ0n) is 5.17. The number of nitrogens with two attached hydrogens (primary N) is 1. The molecule has 0 spiro atoms. The van der Waals surface area contributed by atoms with Crippen LogP contribution in [0.5, 0.6) is 0 Å². The van der Waals surface area contributed by atoms with E-state index in [9.17, 15) is 0 Å². The number of allylic oxidation sites excluding steroid dienone is 3. The summed E-state index contributed by atoms with van der Waals surface area (Å²) in [6, 6.07) is 0. The average molecular weight is 119 g/mol. The lowest BCUT2D eigenvalue weighted by Gasteiger charge is -2.15. The van der Waals surface area contributed by atoms with Gasteiger partial charge in [-0.25, -0.2) is 0 Å². The smallest absolute Gasteiger partial charge is 0.0751 e. The van der Waals surface area contributed by atoms with E-state index < -0.39 is 0 Å². The summed E-state index contributed by atoms with van der Waals surface area (Å²) in [5.41, 5.74) is 7.05. The van der Waals surface area contributed by atoms with Crippen molar-refractivity contribution in [1.29, 1.82) is 0 Å². The summed E-state index contributed by atoms with van der Waals surface area (Å²) in [6.07, 6.45) is 11.4. The van der Waals surface area contributed by atoms with Crippen LogP contribution in [0, 0.1) is 0 Å². The first-order valence-electron chi connectivity index (χ1n) is 3.17. The van der Waals surface area contributed by atoms with E-state index in [4.69, 9.17) is 5.73 Å². The summed E-state index contributed by atoms with van der Waals surface area (Å²) in [4.78, 5) is 0. The molecule has 9 heavy (non-hydrogen) atoms. The first-order valence-corrected chi connectivity index (χ1v) is 3.17. The molecule has 2 N–H and O–H groups in total.